The van der Waals surface area contributed by atoms with Gasteiger partial charge in [0, 0.05) is 12.3 Å². The quantitative estimate of drug-likeness (QED) is 0.419. The van der Waals surface area contributed by atoms with Crippen LogP contribution in [0, 0.1) is 11.8 Å². The summed E-state index contributed by atoms with van der Waals surface area (Å²) in [5.41, 5.74) is 0.739. The van der Waals surface area contributed by atoms with Crippen molar-refractivity contribution in [2.45, 2.75) is 58.5 Å². The van der Waals surface area contributed by atoms with Gasteiger partial charge in [-0.15, -0.1) is 0 Å². The Morgan fingerprint density at radius 1 is 0.943 bits per heavy atom. The van der Waals surface area contributed by atoms with Gasteiger partial charge in [0.05, 0.1) is 19.6 Å². The summed E-state index contributed by atoms with van der Waals surface area (Å²) in [6.07, 6.45) is -6.71. The number of carbonyl (C=O) groups excluding carboxylic acids is 5. The minimum Gasteiger partial charge on any atom is -0.469 e. The van der Waals surface area contributed by atoms with Gasteiger partial charge in [0.15, 0.2) is 5.78 Å². The summed E-state index contributed by atoms with van der Waals surface area (Å²) in [7, 11) is 0.970. The number of ketones is 1. The molecule has 194 valence electrons. The number of amides is 2. The molecule has 1 aromatic carbocycles. The molecule has 0 aliphatic heterocycles. The van der Waals surface area contributed by atoms with E-state index in [0.29, 0.717) is 0 Å². The second-order valence-corrected chi connectivity index (χ2v) is 8.15. The van der Waals surface area contributed by atoms with Crippen molar-refractivity contribution >= 4 is 29.5 Å². The largest absolute Gasteiger partial charge is 0.471 e. The van der Waals surface area contributed by atoms with E-state index in [1.54, 1.807) is 44.2 Å². The average molecular weight is 502 g/mol. The monoisotopic (exact) mass is 502 g/mol. The highest BCUT2D eigenvalue weighted by Crippen LogP contribution is 2.20. The minimum absolute atomic E-state index is 0.0138. The molecule has 0 aliphatic carbocycles. The zero-order valence-electron chi connectivity index (χ0n) is 19.8. The van der Waals surface area contributed by atoms with Crippen LogP contribution < -0.4 is 10.6 Å². The van der Waals surface area contributed by atoms with E-state index in [9.17, 15) is 37.1 Å². The number of Topliss-reactive ketones (excluding diaryl/α,β-unsaturated/α-hetero) is 1. The topological polar surface area (TPSA) is 128 Å². The van der Waals surface area contributed by atoms with Gasteiger partial charge in [-0.1, -0.05) is 44.2 Å². The molecule has 0 aromatic heterocycles. The molecule has 0 saturated heterocycles. The van der Waals surface area contributed by atoms with Crippen LogP contribution in [0.2, 0.25) is 0 Å². The second-order valence-electron chi connectivity index (χ2n) is 8.15. The Labute approximate surface area is 200 Å². The molecule has 2 N–H and O–H groups in total. The van der Waals surface area contributed by atoms with E-state index in [4.69, 9.17) is 4.74 Å². The first-order valence-corrected chi connectivity index (χ1v) is 10.7. The Morgan fingerprint density at radius 2 is 1.54 bits per heavy atom. The van der Waals surface area contributed by atoms with E-state index in [1.807, 2.05) is 0 Å². The third kappa shape index (κ3) is 10.1. The highest BCUT2D eigenvalue weighted by molar-refractivity contribution is 5.96. The minimum atomic E-state index is -5.28. The van der Waals surface area contributed by atoms with Crippen LogP contribution in [0.5, 0.6) is 0 Å². The molecule has 12 heteroatoms. The van der Waals surface area contributed by atoms with E-state index in [0.717, 1.165) is 12.7 Å². The average Bonchev–Trinajstić information content (AvgIpc) is 2.79. The summed E-state index contributed by atoms with van der Waals surface area (Å²) in [5.74, 6) is -7.36. The van der Waals surface area contributed by atoms with Crippen molar-refractivity contribution in [3.63, 3.8) is 0 Å². The number of nitrogens with one attached hydrogen (secondary N) is 2. The lowest BCUT2D eigenvalue weighted by atomic mass is 9.87. The summed E-state index contributed by atoms with van der Waals surface area (Å²) in [6, 6.07) is 5.91. The fourth-order valence-corrected chi connectivity index (χ4v) is 2.96. The molecule has 0 radical (unpaired) electrons. The van der Waals surface area contributed by atoms with Gasteiger partial charge in [-0.3, -0.25) is 19.2 Å². The van der Waals surface area contributed by atoms with E-state index in [-0.39, 0.29) is 6.61 Å². The SMILES string of the molecule is COC(=O)C[C@H](NC(=O)C(F)(F)F)C(=O)C[C@H](C(=O)N[C@@H](C)C(=O)OCc1ccccc1)C(C)C. The molecule has 0 heterocycles. The lowest BCUT2D eigenvalue weighted by Crippen LogP contribution is -2.49. The highest BCUT2D eigenvalue weighted by atomic mass is 19.4. The number of halogens is 3. The van der Waals surface area contributed by atoms with Crippen LogP contribution in [-0.4, -0.2) is 54.9 Å². The number of ether oxygens (including phenoxy) is 2. The Kier molecular flexibility index (Phi) is 11.4. The summed E-state index contributed by atoms with van der Waals surface area (Å²) in [4.78, 5) is 60.6. The van der Waals surface area contributed by atoms with E-state index < -0.39 is 72.5 Å². The summed E-state index contributed by atoms with van der Waals surface area (Å²) < 4.78 is 47.5. The molecule has 0 bridgehead atoms. The van der Waals surface area contributed by atoms with Crippen molar-refractivity contribution in [3.05, 3.63) is 35.9 Å². The normalized spacial score (nSPS) is 13.8. The van der Waals surface area contributed by atoms with Gasteiger partial charge < -0.3 is 20.1 Å². The number of carbonyl (C=O) groups is 5. The van der Waals surface area contributed by atoms with Crippen LogP contribution in [-0.2, 0) is 40.1 Å². The lowest BCUT2D eigenvalue weighted by molar-refractivity contribution is -0.175. The summed E-state index contributed by atoms with van der Waals surface area (Å²) in [5, 5.41) is 3.91. The first-order chi connectivity index (χ1) is 16.3. The highest BCUT2D eigenvalue weighted by Gasteiger charge is 2.42. The molecule has 0 unspecified atom stereocenters. The Bertz CT molecular complexity index is 904. The van der Waals surface area contributed by atoms with Gasteiger partial charge in [0.2, 0.25) is 5.91 Å². The molecule has 3 atom stereocenters. The smallest absolute Gasteiger partial charge is 0.469 e. The first-order valence-electron chi connectivity index (χ1n) is 10.7. The van der Waals surface area contributed by atoms with Gasteiger partial charge >= 0.3 is 24.0 Å². The zero-order chi connectivity index (χ0) is 26.8. The predicted molar refractivity (Wildman–Crippen MR) is 116 cm³/mol. The van der Waals surface area contributed by atoms with E-state index in [2.05, 4.69) is 10.1 Å². The zero-order valence-corrected chi connectivity index (χ0v) is 19.8. The van der Waals surface area contributed by atoms with Gasteiger partial charge in [-0.2, -0.15) is 13.2 Å². The van der Waals surface area contributed by atoms with Crippen molar-refractivity contribution in [1.82, 2.24) is 10.6 Å². The standard InChI is InChI=1S/C23H29F3N2O7/c1-13(2)16(10-18(29)17(11-19(30)34-4)28-22(33)23(24,25)26)20(31)27-14(3)21(32)35-12-15-8-6-5-7-9-15/h5-9,13-14,16-17H,10-12H2,1-4H3,(H,27,31)(H,28,33)/t14-,16-,17-/m0/s1. The fraction of sp³-hybridized carbons (Fsp3) is 0.522. The van der Waals surface area contributed by atoms with Crippen molar-refractivity contribution in [1.29, 1.82) is 0 Å². The van der Waals surface area contributed by atoms with Crippen molar-refractivity contribution in [3.8, 4) is 0 Å². The molecule has 1 rings (SSSR count). The molecule has 0 spiro atoms. The van der Waals surface area contributed by atoms with Crippen LogP contribution in [0.1, 0.15) is 39.2 Å². The Morgan fingerprint density at radius 3 is 2.06 bits per heavy atom. The van der Waals surface area contributed by atoms with E-state index in [1.165, 1.54) is 12.2 Å². The Balaban J connectivity index is 2.84. The molecule has 2 amide bonds. The predicted octanol–water partition coefficient (Wildman–Crippen LogP) is 2.08. The number of benzene rings is 1. The number of alkyl halides is 3. The van der Waals surface area contributed by atoms with Gasteiger partial charge in [-0.05, 0) is 18.4 Å². The van der Waals surface area contributed by atoms with Crippen LogP contribution in [0.4, 0.5) is 13.2 Å². The fourth-order valence-electron chi connectivity index (χ4n) is 2.96. The number of methoxy groups -OCH3 is 1. The van der Waals surface area contributed by atoms with E-state index >= 15 is 0 Å². The van der Waals surface area contributed by atoms with Crippen molar-refractivity contribution in [2.75, 3.05) is 7.11 Å². The Hall–Kier alpha value is -3.44. The molecule has 1 aromatic rings. The molecular formula is C23H29F3N2O7. The van der Waals surface area contributed by atoms with Crippen molar-refractivity contribution in [2.24, 2.45) is 11.8 Å². The third-order valence-corrected chi connectivity index (χ3v) is 5.05. The molecule has 0 aliphatic rings. The van der Waals surface area contributed by atoms with Crippen LogP contribution in [0.15, 0.2) is 30.3 Å². The maximum absolute atomic E-state index is 12.8. The van der Waals surface area contributed by atoms with Crippen LogP contribution in [0.3, 0.4) is 0 Å². The summed E-state index contributed by atoms with van der Waals surface area (Å²) >= 11 is 0. The maximum atomic E-state index is 12.8. The number of hydrogen-bond donors (Lipinski definition) is 2. The number of esters is 2. The van der Waals surface area contributed by atoms with Gasteiger partial charge in [0.25, 0.3) is 0 Å². The molecule has 0 saturated carbocycles. The second kappa shape index (κ2) is 13.4. The van der Waals surface area contributed by atoms with Crippen LogP contribution >= 0.6 is 0 Å². The van der Waals surface area contributed by atoms with Gasteiger partial charge in [-0.25, -0.2) is 4.79 Å². The number of hydrogen-bond acceptors (Lipinski definition) is 7. The van der Waals surface area contributed by atoms with Crippen molar-refractivity contribution < 1.29 is 46.6 Å². The molecule has 0 fully saturated rings. The molecule has 9 nitrogen and oxygen atoms in total. The summed E-state index contributed by atoms with van der Waals surface area (Å²) in [6.45, 7) is 4.56. The molecular weight excluding hydrogens is 473 g/mol. The maximum Gasteiger partial charge on any atom is 0.471 e. The molecule has 35 heavy (non-hydrogen) atoms. The third-order valence-electron chi connectivity index (χ3n) is 5.05. The lowest BCUT2D eigenvalue weighted by Gasteiger charge is -2.24. The van der Waals surface area contributed by atoms with Crippen LogP contribution in [0.25, 0.3) is 0 Å². The first kappa shape index (κ1) is 29.6. The van der Waals surface area contributed by atoms with Gasteiger partial charge in [0.1, 0.15) is 12.6 Å². The number of rotatable bonds is 12.